The van der Waals surface area contributed by atoms with Gasteiger partial charge in [-0.05, 0) is 36.8 Å². The second-order valence-corrected chi connectivity index (χ2v) is 3.51. The lowest BCUT2D eigenvalue weighted by molar-refractivity contribution is 0.317. The molecule has 0 aliphatic carbocycles. The van der Waals surface area contributed by atoms with Crippen LogP contribution in [0.1, 0.15) is 34.1 Å². The van der Waals surface area contributed by atoms with E-state index in [9.17, 15) is 0 Å². The highest BCUT2D eigenvalue weighted by Crippen LogP contribution is 2.23. The molecule has 0 saturated carbocycles. The molecule has 0 amide bonds. The summed E-state index contributed by atoms with van der Waals surface area (Å²) < 4.78 is 0. The average molecular weight is 151 g/mol. The van der Waals surface area contributed by atoms with E-state index in [0.29, 0.717) is 11.8 Å². The van der Waals surface area contributed by atoms with Crippen molar-refractivity contribution in [3.05, 3.63) is 18.4 Å². The molecule has 0 aliphatic heterocycles. The van der Waals surface area contributed by atoms with Gasteiger partial charge in [-0.2, -0.15) is 0 Å². The standard InChI is InChI=1S/C11H19/c1-6-8-11(7-2)10(5)9(3)4/h1,8-11H,7H2,2-5H3. The van der Waals surface area contributed by atoms with Gasteiger partial charge in [0.05, 0.1) is 0 Å². The van der Waals surface area contributed by atoms with Crippen LogP contribution in [-0.2, 0) is 0 Å². The topological polar surface area (TPSA) is 0 Å². The van der Waals surface area contributed by atoms with Crippen LogP contribution in [0.25, 0.3) is 0 Å². The lowest BCUT2D eigenvalue weighted by Crippen LogP contribution is -2.14. The van der Waals surface area contributed by atoms with E-state index in [1.54, 1.807) is 0 Å². The Morgan fingerprint density at radius 3 is 2.18 bits per heavy atom. The van der Waals surface area contributed by atoms with Crippen LogP contribution >= 0.6 is 0 Å². The molecule has 0 rings (SSSR count). The van der Waals surface area contributed by atoms with Crippen molar-refractivity contribution in [3.8, 4) is 0 Å². The second kappa shape index (κ2) is 5.21. The minimum absolute atomic E-state index is 0.597. The molecular weight excluding hydrogens is 132 g/mol. The van der Waals surface area contributed by atoms with Crippen LogP contribution in [0.5, 0.6) is 0 Å². The molecule has 0 N–H and O–H groups in total. The quantitative estimate of drug-likeness (QED) is 0.540. The van der Waals surface area contributed by atoms with E-state index in [1.165, 1.54) is 0 Å². The molecule has 0 aromatic rings. The summed E-state index contributed by atoms with van der Waals surface area (Å²) in [6, 6.07) is 0. The fraction of sp³-hybridized carbons (Fsp3) is 0.727. The molecule has 0 bridgehead atoms. The van der Waals surface area contributed by atoms with Crippen LogP contribution in [0.4, 0.5) is 0 Å². The summed E-state index contributed by atoms with van der Waals surface area (Å²) in [7, 11) is 0. The Labute approximate surface area is 71.0 Å². The Kier molecular flexibility index (Phi) is 4.98. The monoisotopic (exact) mass is 151 g/mol. The normalized spacial score (nSPS) is 15.7. The van der Waals surface area contributed by atoms with Gasteiger partial charge in [-0.1, -0.05) is 27.7 Å². The molecule has 0 heterocycles. The summed E-state index contributed by atoms with van der Waals surface area (Å²) in [6.07, 6.45) is 3.15. The molecule has 1 radical (unpaired) electrons. The number of rotatable bonds is 4. The van der Waals surface area contributed by atoms with Crippen molar-refractivity contribution in [2.45, 2.75) is 34.1 Å². The maximum absolute atomic E-state index is 5.24. The maximum Gasteiger partial charge on any atom is -0.0126 e. The first-order valence-corrected chi connectivity index (χ1v) is 4.42. The van der Waals surface area contributed by atoms with Crippen molar-refractivity contribution < 1.29 is 0 Å². The fourth-order valence-electron chi connectivity index (χ4n) is 1.26. The molecule has 11 heavy (non-hydrogen) atoms. The van der Waals surface area contributed by atoms with Gasteiger partial charge in [0.25, 0.3) is 0 Å². The summed E-state index contributed by atoms with van der Waals surface area (Å²) in [4.78, 5) is 0. The number of allylic oxidation sites excluding steroid dienone is 1. The average Bonchev–Trinajstić information content (AvgIpc) is 1.98. The van der Waals surface area contributed by atoms with E-state index < -0.39 is 0 Å². The molecule has 0 spiro atoms. The van der Waals surface area contributed by atoms with Crippen LogP contribution in [-0.4, -0.2) is 0 Å². The van der Waals surface area contributed by atoms with Crippen LogP contribution < -0.4 is 0 Å². The highest BCUT2D eigenvalue weighted by atomic mass is 14.2. The summed E-state index contributed by atoms with van der Waals surface area (Å²) in [5, 5.41) is 0. The van der Waals surface area contributed by atoms with Crippen LogP contribution in [0.15, 0.2) is 11.8 Å². The molecule has 2 unspecified atom stereocenters. The van der Waals surface area contributed by atoms with Crippen LogP contribution in [0.3, 0.4) is 0 Å². The SMILES string of the molecule is [CH]=C=CC(CC)C(C)C(C)C. The summed E-state index contributed by atoms with van der Waals surface area (Å²) >= 11 is 0. The van der Waals surface area contributed by atoms with E-state index in [4.69, 9.17) is 6.58 Å². The van der Waals surface area contributed by atoms with Gasteiger partial charge in [-0.25, -0.2) is 0 Å². The fourth-order valence-corrected chi connectivity index (χ4v) is 1.26. The molecular formula is C11H19. The molecule has 0 heteroatoms. The first kappa shape index (κ1) is 10.5. The molecule has 0 aliphatic rings. The van der Waals surface area contributed by atoms with Crippen molar-refractivity contribution in [1.82, 2.24) is 0 Å². The Balaban J connectivity index is 4.12. The third-order valence-electron chi connectivity index (χ3n) is 2.51. The van der Waals surface area contributed by atoms with E-state index in [2.05, 4.69) is 33.4 Å². The summed E-state index contributed by atoms with van der Waals surface area (Å²) in [5.41, 5.74) is 2.63. The largest absolute Gasteiger partial charge is 0.124 e. The van der Waals surface area contributed by atoms with Gasteiger partial charge in [0.15, 0.2) is 0 Å². The molecule has 0 aromatic carbocycles. The van der Waals surface area contributed by atoms with Gasteiger partial charge in [0.2, 0.25) is 0 Å². The van der Waals surface area contributed by atoms with Crippen molar-refractivity contribution in [2.75, 3.05) is 0 Å². The van der Waals surface area contributed by atoms with Gasteiger partial charge in [0.1, 0.15) is 0 Å². The smallest absolute Gasteiger partial charge is 0.0126 e. The van der Waals surface area contributed by atoms with Gasteiger partial charge in [-0.15, -0.1) is 5.73 Å². The third kappa shape index (κ3) is 3.43. The Bertz CT molecular complexity index is 138. The molecule has 2 atom stereocenters. The van der Waals surface area contributed by atoms with Crippen molar-refractivity contribution in [2.24, 2.45) is 17.8 Å². The lowest BCUT2D eigenvalue weighted by Gasteiger charge is -2.22. The highest BCUT2D eigenvalue weighted by Gasteiger charge is 2.15. The Morgan fingerprint density at radius 1 is 1.36 bits per heavy atom. The maximum atomic E-state index is 5.24. The summed E-state index contributed by atoms with van der Waals surface area (Å²) in [6.45, 7) is 14.2. The highest BCUT2D eigenvalue weighted by molar-refractivity contribution is 4.86. The first-order chi connectivity index (χ1) is 5.13. The molecule has 0 nitrogen and oxygen atoms in total. The van der Waals surface area contributed by atoms with Crippen molar-refractivity contribution >= 4 is 0 Å². The predicted octanol–water partition coefficient (Wildman–Crippen LogP) is 3.45. The zero-order chi connectivity index (χ0) is 8.85. The predicted molar refractivity (Wildman–Crippen MR) is 50.2 cm³/mol. The van der Waals surface area contributed by atoms with Crippen molar-refractivity contribution in [3.63, 3.8) is 0 Å². The number of hydrogen-bond acceptors (Lipinski definition) is 0. The zero-order valence-electron chi connectivity index (χ0n) is 8.09. The Morgan fingerprint density at radius 2 is 1.91 bits per heavy atom. The molecule has 63 valence electrons. The van der Waals surface area contributed by atoms with Crippen molar-refractivity contribution in [1.29, 1.82) is 0 Å². The van der Waals surface area contributed by atoms with E-state index in [-0.39, 0.29) is 0 Å². The minimum Gasteiger partial charge on any atom is -0.124 e. The van der Waals surface area contributed by atoms with E-state index in [1.807, 2.05) is 6.08 Å². The van der Waals surface area contributed by atoms with E-state index >= 15 is 0 Å². The third-order valence-corrected chi connectivity index (χ3v) is 2.51. The van der Waals surface area contributed by atoms with Crippen LogP contribution in [0, 0.1) is 24.3 Å². The second-order valence-electron chi connectivity index (χ2n) is 3.51. The first-order valence-electron chi connectivity index (χ1n) is 4.42. The van der Waals surface area contributed by atoms with Gasteiger partial charge in [-0.3, -0.25) is 0 Å². The van der Waals surface area contributed by atoms with E-state index in [0.717, 1.165) is 12.3 Å². The van der Waals surface area contributed by atoms with Gasteiger partial charge >= 0.3 is 0 Å². The lowest BCUT2D eigenvalue weighted by atomic mass is 9.83. The Hall–Kier alpha value is -0.480. The minimum atomic E-state index is 0.597. The molecule has 0 aromatic heterocycles. The van der Waals surface area contributed by atoms with Gasteiger partial charge in [0, 0.05) is 0 Å². The molecule has 0 fully saturated rings. The zero-order valence-corrected chi connectivity index (χ0v) is 8.09. The van der Waals surface area contributed by atoms with Crippen LogP contribution in [0.2, 0.25) is 0 Å². The van der Waals surface area contributed by atoms with Gasteiger partial charge < -0.3 is 0 Å². The summed E-state index contributed by atoms with van der Waals surface area (Å²) in [5.74, 6) is 2.03. The number of hydrogen-bond donors (Lipinski definition) is 0. The molecule has 0 saturated heterocycles.